The molecule has 0 unspecified atom stereocenters. The van der Waals surface area contributed by atoms with Crippen molar-refractivity contribution in [2.24, 2.45) is 0 Å². The second-order valence-electron chi connectivity index (χ2n) is 5.60. The number of benzene rings is 1. The van der Waals surface area contributed by atoms with Gasteiger partial charge < -0.3 is 5.32 Å². The normalized spacial score (nSPS) is 12.8. The van der Waals surface area contributed by atoms with Gasteiger partial charge in [0.05, 0.1) is 16.5 Å². The number of hydrogen-bond acceptors (Lipinski definition) is 4. The Morgan fingerprint density at radius 1 is 1.16 bits per heavy atom. The molecule has 25 heavy (non-hydrogen) atoms. The first kappa shape index (κ1) is 19.1. The van der Waals surface area contributed by atoms with Gasteiger partial charge >= 0.3 is 0 Å². The summed E-state index contributed by atoms with van der Waals surface area (Å²) < 4.78 is 26.4. The van der Waals surface area contributed by atoms with Gasteiger partial charge in [-0.25, -0.2) is 8.42 Å². The van der Waals surface area contributed by atoms with Gasteiger partial charge in [0.1, 0.15) is 0 Å². The number of carbonyl (C=O) groups is 1. The third-order valence-corrected chi connectivity index (χ3v) is 6.06. The zero-order chi connectivity index (χ0) is 18.4. The number of hydrogen-bond donors (Lipinski definition) is 1. The number of carbonyl (C=O) groups excluding carboxylic acids is 1. The highest BCUT2D eigenvalue weighted by atomic mass is 32.2. The maximum atomic E-state index is 12.5. The van der Waals surface area contributed by atoms with Crippen molar-refractivity contribution >= 4 is 15.9 Å². The van der Waals surface area contributed by atoms with E-state index in [1.54, 1.807) is 42.6 Å². The summed E-state index contributed by atoms with van der Waals surface area (Å²) in [5, 5.41) is 2.88. The van der Waals surface area contributed by atoms with E-state index >= 15 is 0 Å². The molecule has 1 aromatic heterocycles. The highest BCUT2D eigenvalue weighted by Crippen LogP contribution is 2.19. The summed E-state index contributed by atoms with van der Waals surface area (Å²) in [4.78, 5) is 16.3. The first-order chi connectivity index (χ1) is 11.9. The van der Waals surface area contributed by atoms with E-state index in [0.29, 0.717) is 18.7 Å². The van der Waals surface area contributed by atoms with E-state index in [2.05, 4.69) is 10.3 Å². The number of aromatic nitrogens is 1. The number of amides is 1. The fraction of sp³-hybridized carbons (Fsp3) is 0.333. The first-order valence-corrected chi connectivity index (χ1v) is 9.65. The van der Waals surface area contributed by atoms with Gasteiger partial charge in [-0.15, -0.1) is 0 Å². The molecule has 0 spiro atoms. The van der Waals surface area contributed by atoms with Crippen molar-refractivity contribution in [3.05, 3.63) is 59.9 Å². The third kappa shape index (κ3) is 4.43. The molecule has 1 atom stereocenters. The molecule has 7 heteroatoms. The SMILES string of the molecule is CCN(CC)S(=O)(=O)c1ccc([C@H](C)NC(=O)c2cccnc2)cc1. The quantitative estimate of drug-likeness (QED) is 0.822. The zero-order valence-corrected chi connectivity index (χ0v) is 15.5. The minimum absolute atomic E-state index is 0.222. The second-order valence-corrected chi connectivity index (χ2v) is 7.53. The van der Waals surface area contributed by atoms with E-state index in [-0.39, 0.29) is 16.8 Å². The van der Waals surface area contributed by atoms with Gasteiger partial charge in [0.15, 0.2) is 0 Å². The second kappa shape index (κ2) is 8.22. The molecule has 0 aliphatic carbocycles. The van der Waals surface area contributed by atoms with E-state index < -0.39 is 10.0 Å². The highest BCUT2D eigenvalue weighted by molar-refractivity contribution is 7.89. The maximum Gasteiger partial charge on any atom is 0.253 e. The topological polar surface area (TPSA) is 79.4 Å². The average molecular weight is 361 g/mol. The first-order valence-electron chi connectivity index (χ1n) is 8.21. The molecule has 2 rings (SSSR count). The van der Waals surface area contributed by atoms with Crippen molar-refractivity contribution in [2.75, 3.05) is 13.1 Å². The molecule has 2 aromatic rings. The molecular weight excluding hydrogens is 338 g/mol. The fourth-order valence-corrected chi connectivity index (χ4v) is 3.96. The zero-order valence-electron chi connectivity index (χ0n) is 14.6. The van der Waals surface area contributed by atoms with Crippen LogP contribution in [0, 0.1) is 0 Å². The van der Waals surface area contributed by atoms with Crippen LogP contribution in [0.25, 0.3) is 0 Å². The summed E-state index contributed by atoms with van der Waals surface area (Å²) in [6, 6.07) is 9.75. The largest absolute Gasteiger partial charge is 0.345 e. The van der Waals surface area contributed by atoms with E-state index in [9.17, 15) is 13.2 Å². The molecule has 0 saturated heterocycles. The molecule has 0 radical (unpaired) electrons. The lowest BCUT2D eigenvalue weighted by molar-refractivity contribution is 0.0939. The lowest BCUT2D eigenvalue weighted by atomic mass is 10.1. The van der Waals surface area contributed by atoms with Crippen LogP contribution in [0.15, 0.2) is 53.7 Å². The molecule has 6 nitrogen and oxygen atoms in total. The van der Waals surface area contributed by atoms with Crippen LogP contribution < -0.4 is 5.32 Å². The summed E-state index contributed by atoms with van der Waals surface area (Å²) in [5.74, 6) is -0.222. The predicted molar refractivity (Wildman–Crippen MR) is 96.7 cm³/mol. The lowest BCUT2D eigenvalue weighted by Crippen LogP contribution is -2.30. The van der Waals surface area contributed by atoms with Gasteiger partial charge in [-0.05, 0) is 36.8 Å². The van der Waals surface area contributed by atoms with Gasteiger partial charge in [-0.3, -0.25) is 9.78 Å². The summed E-state index contributed by atoms with van der Waals surface area (Å²) >= 11 is 0. The van der Waals surface area contributed by atoms with Crippen molar-refractivity contribution < 1.29 is 13.2 Å². The standard InChI is InChI=1S/C18H23N3O3S/c1-4-21(5-2)25(23,24)17-10-8-15(9-11-17)14(3)20-18(22)16-7-6-12-19-13-16/h6-14H,4-5H2,1-3H3,(H,20,22)/t14-/m0/s1. The van der Waals surface area contributed by atoms with Gasteiger partial charge in [0, 0.05) is 25.5 Å². The van der Waals surface area contributed by atoms with Gasteiger partial charge in [-0.2, -0.15) is 4.31 Å². The van der Waals surface area contributed by atoms with Crippen LogP contribution in [0.2, 0.25) is 0 Å². The molecule has 0 saturated carbocycles. The molecule has 134 valence electrons. The molecule has 0 bridgehead atoms. The van der Waals surface area contributed by atoms with Crippen LogP contribution in [-0.4, -0.2) is 36.7 Å². The minimum Gasteiger partial charge on any atom is -0.345 e. The summed E-state index contributed by atoms with van der Waals surface area (Å²) in [7, 11) is -3.47. The van der Waals surface area contributed by atoms with Crippen LogP contribution in [0.3, 0.4) is 0 Å². The summed E-state index contributed by atoms with van der Waals surface area (Å²) in [6.45, 7) is 6.33. The lowest BCUT2D eigenvalue weighted by Gasteiger charge is -2.19. The molecule has 1 N–H and O–H groups in total. The fourth-order valence-electron chi connectivity index (χ4n) is 2.50. The highest BCUT2D eigenvalue weighted by Gasteiger charge is 2.21. The Bertz CT molecular complexity index is 801. The Balaban J connectivity index is 2.13. The molecule has 1 amide bonds. The summed E-state index contributed by atoms with van der Waals surface area (Å²) in [5.41, 5.74) is 1.31. The van der Waals surface area contributed by atoms with Crippen molar-refractivity contribution in [3.63, 3.8) is 0 Å². The molecule has 0 fully saturated rings. The van der Waals surface area contributed by atoms with E-state index in [1.165, 1.54) is 10.5 Å². The van der Waals surface area contributed by atoms with Crippen LogP contribution in [-0.2, 0) is 10.0 Å². The minimum atomic E-state index is -3.47. The smallest absolute Gasteiger partial charge is 0.253 e. The number of pyridine rings is 1. The molecular formula is C18H23N3O3S. The van der Waals surface area contributed by atoms with E-state index in [1.807, 2.05) is 20.8 Å². The average Bonchev–Trinajstić information content (AvgIpc) is 2.63. The van der Waals surface area contributed by atoms with Crippen LogP contribution >= 0.6 is 0 Å². The molecule has 1 heterocycles. The molecule has 0 aliphatic rings. The monoisotopic (exact) mass is 361 g/mol. The van der Waals surface area contributed by atoms with Crippen molar-refractivity contribution in [3.8, 4) is 0 Å². The number of rotatable bonds is 7. The van der Waals surface area contributed by atoms with Crippen LogP contribution in [0.1, 0.15) is 42.7 Å². The molecule has 1 aromatic carbocycles. The Kier molecular flexibility index (Phi) is 6.27. The number of nitrogens with zero attached hydrogens (tertiary/aromatic N) is 2. The van der Waals surface area contributed by atoms with Gasteiger partial charge in [-0.1, -0.05) is 26.0 Å². The Morgan fingerprint density at radius 3 is 2.32 bits per heavy atom. The Labute approximate surface area is 148 Å². The van der Waals surface area contributed by atoms with Crippen LogP contribution in [0.4, 0.5) is 0 Å². The van der Waals surface area contributed by atoms with Crippen molar-refractivity contribution in [2.45, 2.75) is 31.7 Å². The van der Waals surface area contributed by atoms with Gasteiger partial charge in [0.2, 0.25) is 10.0 Å². The summed E-state index contributed by atoms with van der Waals surface area (Å²) in [6.07, 6.45) is 3.11. The Morgan fingerprint density at radius 2 is 1.80 bits per heavy atom. The predicted octanol–water partition coefficient (Wildman–Crippen LogP) is 2.60. The van der Waals surface area contributed by atoms with Crippen molar-refractivity contribution in [1.82, 2.24) is 14.6 Å². The van der Waals surface area contributed by atoms with E-state index in [0.717, 1.165) is 5.56 Å². The molecule has 0 aliphatic heterocycles. The number of nitrogens with one attached hydrogen (secondary N) is 1. The Hall–Kier alpha value is -2.25. The maximum absolute atomic E-state index is 12.5. The number of sulfonamides is 1. The van der Waals surface area contributed by atoms with Crippen LogP contribution in [0.5, 0.6) is 0 Å². The van der Waals surface area contributed by atoms with Gasteiger partial charge in [0.25, 0.3) is 5.91 Å². The van der Waals surface area contributed by atoms with Crippen molar-refractivity contribution in [1.29, 1.82) is 0 Å². The van der Waals surface area contributed by atoms with E-state index in [4.69, 9.17) is 0 Å². The third-order valence-electron chi connectivity index (χ3n) is 3.99.